The van der Waals surface area contributed by atoms with E-state index in [-0.39, 0.29) is 37.7 Å². The lowest BCUT2D eigenvalue weighted by atomic mass is 9.58. The van der Waals surface area contributed by atoms with E-state index in [0.717, 1.165) is 21.9 Å². The molecule has 0 fully saturated rings. The Morgan fingerprint density at radius 2 is 1.77 bits per heavy atom. The molecule has 3 aromatic carbocycles. The zero-order valence-electron chi connectivity index (χ0n) is 24.5. The summed E-state index contributed by atoms with van der Waals surface area (Å²) in [5.74, 6) is -0.337. The van der Waals surface area contributed by atoms with E-state index in [4.69, 9.17) is 15.2 Å². The maximum atomic E-state index is 13.1. The zero-order valence-corrected chi connectivity index (χ0v) is 24.5. The van der Waals surface area contributed by atoms with Gasteiger partial charge in [-0.25, -0.2) is 0 Å². The fraction of sp³-hybridized carbons (Fsp3) is 0.433. The summed E-state index contributed by atoms with van der Waals surface area (Å²) in [6.07, 6.45) is -0.220. The van der Waals surface area contributed by atoms with Crippen molar-refractivity contribution in [1.29, 1.82) is 0 Å². The standard InChI is InChI=1S/C30H41BN4O5/c1-19(2)20(3)40-29(36)26(33-18-39-30(4,5)6)16-22-14-15-23(17-27(22)35(37)38)31(7)34-25-13-9-11-21-10-8-12-24(32)28(21)25/h8-15,17,19-20,26,33-34H,16,18,32H2,1-7H3/t20?,26-/m0/s1. The van der Waals surface area contributed by atoms with Crippen molar-refractivity contribution in [2.45, 2.75) is 72.5 Å². The fourth-order valence-corrected chi connectivity index (χ4v) is 4.22. The molecule has 3 aromatic rings. The Labute approximate surface area is 237 Å². The number of nitrogens with two attached hydrogens (primary N) is 1. The van der Waals surface area contributed by atoms with Crippen molar-refractivity contribution in [1.82, 2.24) is 5.32 Å². The van der Waals surface area contributed by atoms with E-state index in [1.54, 1.807) is 12.1 Å². The van der Waals surface area contributed by atoms with E-state index in [0.29, 0.717) is 11.3 Å². The third-order valence-corrected chi connectivity index (χ3v) is 6.90. The van der Waals surface area contributed by atoms with Crippen LogP contribution in [0, 0.1) is 16.0 Å². The van der Waals surface area contributed by atoms with Crippen molar-refractivity contribution in [2.75, 3.05) is 17.7 Å². The molecular weight excluding hydrogens is 507 g/mol. The summed E-state index contributed by atoms with van der Waals surface area (Å²) in [6, 6.07) is 15.9. The van der Waals surface area contributed by atoms with Gasteiger partial charge in [-0.1, -0.05) is 57.1 Å². The maximum absolute atomic E-state index is 13.1. The van der Waals surface area contributed by atoms with Crippen LogP contribution in [-0.2, 0) is 20.7 Å². The third-order valence-electron chi connectivity index (χ3n) is 6.90. The van der Waals surface area contributed by atoms with Gasteiger partial charge in [0.1, 0.15) is 12.1 Å². The Morgan fingerprint density at radius 1 is 1.10 bits per heavy atom. The van der Waals surface area contributed by atoms with Gasteiger partial charge >= 0.3 is 5.97 Å². The first-order chi connectivity index (χ1) is 18.8. The maximum Gasteiger partial charge on any atom is 0.323 e. The van der Waals surface area contributed by atoms with Crippen LogP contribution in [0.2, 0.25) is 6.82 Å². The van der Waals surface area contributed by atoms with Gasteiger partial charge in [0.2, 0.25) is 0 Å². The zero-order chi connectivity index (χ0) is 29.6. The van der Waals surface area contributed by atoms with Crippen LogP contribution in [0.1, 0.15) is 47.1 Å². The van der Waals surface area contributed by atoms with Crippen molar-refractivity contribution < 1.29 is 19.2 Å². The predicted molar refractivity (Wildman–Crippen MR) is 163 cm³/mol. The number of nitrogens with zero attached hydrogens (tertiary/aromatic N) is 1. The molecule has 0 heterocycles. The second-order valence-corrected chi connectivity index (χ2v) is 11.5. The summed E-state index contributed by atoms with van der Waals surface area (Å²) in [7, 11) is 0. The molecule has 40 heavy (non-hydrogen) atoms. The molecule has 1 unspecified atom stereocenters. The van der Waals surface area contributed by atoms with E-state index in [1.807, 2.05) is 90.8 Å². The molecule has 0 radical (unpaired) electrons. The summed E-state index contributed by atoms with van der Waals surface area (Å²) < 4.78 is 11.4. The van der Waals surface area contributed by atoms with E-state index in [2.05, 4.69) is 10.5 Å². The lowest BCUT2D eigenvalue weighted by molar-refractivity contribution is -0.385. The van der Waals surface area contributed by atoms with Crippen molar-refractivity contribution in [2.24, 2.45) is 5.92 Å². The van der Waals surface area contributed by atoms with Crippen LogP contribution >= 0.6 is 0 Å². The first kappa shape index (κ1) is 30.9. The number of nitrogens with one attached hydrogen (secondary N) is 2. The van der Waals surface area contributed by atoms with Crippen LogP contribution in [-0.4, -0.2) is 42.2 Å². The van der Waals surface area contributed by atoms with Gasteiger partial charge in [0.05, 0.1) is 17.3 Å². The Hall–Kier alpha value is -3.63. The van der Waals surface area contributed by atoms with Crippen LogP contribution in [0.5, 0.6) is 0 Å². The number of esters is 1. The summed E-state index contributed by atoms with van der Waals surface area (Å²) in [5.41, 5.74) is 8.44. The third kappa shape index (κ3) is 8.19. The summed E-state index contributed by atoms with van der Waals surface area (Å²) >= 11 is 0. The molecule has 3 rings (SSSR count). The number of ether oxygens (including phenoxy) is 2. The molecule has 0 spiro atoms. The van der Waals surface area contributed by atoms with Crippen molar-refractivity contribution in [3.8, 4) is 0 Å². The number of nitro groups is 1. The first-order valence-corrected chi connectivity index (χ1v) is 13.7. The molecule has 214 valence electrons. The van der Waals surface area contributed by atoms with Gasteiger partial charge in [-0.3, -0.25) is 20.2 Å². The van der Waals surface area contributed by atoms with Gasteiger partial charge in [-0.15, -0.1) is 0 Å². The molecule has 0 aliphatic rings. The fourth-order valence-electron chi connectivity index (χ4n) is 4.22. The molecule has 0 bridgehead atoms. The Bertz CT molecular complexity index is 1340. The largest absolute Gasteiger partial charge is 0.461 e. The molecule has 0 aromatic heterocycles. The SMILES string of the molecule is CB(Nc1cccc2cccc(N)c12)c1ccc(C[C@H](NCOC(C)(C)C)C(=O)OC(C)C(C)C)c([N+](=O)[O-])c1. The van der Waals surface area contributed by atoms with E-state index >= 15 is 0 Å². The number of nitro benzene ring substituents is 1. The van der Waals surface area contributed by atoms with Crippen molar-refractivity contribution in [3.63, 3.8) is 0 Å². The number of carbonyl (C=O) groups is 1. The highest BCUT2D eigenvalue weighted by atomic mass is 16.6. The van der Waals surface area contributed by atoms with Crippen molar-refractivity contribution >= 4 is 46.1 Å². The number of rotatable bonds is 12. The van der Waals surface area contributed by atoms with Crippen LogP contribution in [0.15, 0.2) is 54.6 Å². The number of fused-ring (bicyclic) bond motifs is 1. The van der Waals surface area contributed by atoms with Gasteiger partial charge in [0.15, 0.2) is 0 Å². The van der Waals surface area contributed by atoms with Crippen molar-refractivity contribution in [3.05, 3.63) is 70.3 Å². The predicted octanol–water partition coefficient (Wildman–Crippen LogP) is 5.13. The van der Waals surface area contributed by atoms with E-state index < -0.39 is 22.5 Å². The quantitative estimate of drug-likeness (QED) is 0.0710. The molecule has 9 nitrogen and oxygen atoms in total. The van der Waals surface area contributed by atoms with Gasteiger partial charge < -0.3 is 20.4 Å². The molecule has 0 saturated carbocycles. The molecule has 0 amide bonds. The Balaban J connectivity index is 1.86. The number of benzene rings is 3. The average molecular weight is 548 g/mol. The minimum atomic E-state index is -0.817. The van der Waals surface area contributed by atoms with E-state index in [1.165, 1.54) is 0 Å². The van der Waals surface area contributed by atoms with Gasteiger partial charge in [-0.2, -0.15) is 0 Å². The average Bonchev–Trinajstić information content (AvgIpc) is 2.87. The molecule has 10 heteroatoms. The molecule has 4 N–H and O–H groups in total. The smallest absolute Gasteiger partial charge is 0.323 e. The number of nitrogen functional groups attached to an aromatic ring is 1. The molecular formula is C30H41BN4O5. The minimum absolute atomic E-state index is 0.0585. The topological polar surface area (TPSA) is 129 Å². The first-order valence-electron chi connectivity index (χ1n) is 13.7. The molecule has 0 saturated heterocycles. The second kappa shape index (κ2) is 13.2. The summed E-state index contributed by atoms with van der Waals surface area (Å²) in [5, 5.41) is 20.6. The number of anilines is 2. The minimum Gasteiger partial charge on any atom is -0.461 e. The van der Waals surface area contributed by atoms with Crippen LogP contribution in [0.3, 0.4) is 0 Å². The van der Waals surface area contributed by atoms with Gasteiger partial charge in [0, 0.05) is 34.8 Å². The summed E-state index contributed by atoms with van der Waals surface area (Å²) in [4.78, 5) is 24.8. The van der Waals surface area contributed by atoms with Crippen LogP contribution in [0.4, 0.5) is 17.1 Å². The molecule has 2 atom stereocenters. The van der Waals surface area contributed by atoms with Gasteiger partial charge in [-0.05, 0) is 56.6 Å². The molecule has 0 aliphatic carbocycles. The second-order valence-electron chi connectivity index (χ2n) is 11.5. The number of hydrogen-bond donors (Lipinski definition) is 3. The molecule has 0 aliphatic heterocycles. The lowest BCUT2D eigenvalue weighted by Crippen LogP contribution is -2.44. The summed E-state index contributed by atoms with van der Waals surface area (Å²) in [6.45, 7) is 13.3. The Kier molecular flexibility index (Phi) is 10.2. The van der Waals surface area contributed by atoms with E-state index in [9.17, 15) is 14.9 Å². The van der Waals surface area contributed by atoms with Crippen LogP contribution < -0.4 is 21.7 Å². The number of hydrogen-bond acceptors (Lipinski definition) is 8. The Morgan fingerprint density at radius 3 is 2.40 bits per heavy atom. The highest BCUT2D eigenvalue weighted by Crippen LogP contribution is 2.29. The number of carbonyl (C=O) groups excluding carboxylic acids is 1. The highest BCUT2D eigenvalue weighted by Gasteiger charge is 2.28. The normalized spacial score (nSPS) is 13.2. The highest BCUT2D eigenvalue weighted by molar-refractivity contribution is 6.75. The van der Waals surface area contributed by atoms with Crippen LogP contribution in [0.25, 0.3) is 10.8 Å². The van der Waals surface area contributed by atoms with Gasteiger partial charge in [0.25, 0.3) is 12.5 Å². The monoisotopic (exact) mass is 548 g/mol. The lowest BCUT2D eigenvalue weighted by Gasteiger charge is -2.25.